The minimum absolute atomic E-state index is 0.448. The molecule has 2 heterocycles. The highest BCUT2D eigenvalue weighted by Gasteiger charge is 2.33. The van der Waals surface area contributed by atoms with Crippen molar-refractivity contribution in [3.05, 3.63) is 0 Å². The molecular weight excluding hydrogens is 234 g/mol. The summed E-state index contributed by atoms with van der Waals surface area (Å²) in [7, 11) is 2.09. The molecule has 0 aromatic heterocycles. The summed E-state index contributed by atoms with van der Waals surface area (Å²) in [6.45, 7) is 12.5. The molecule has 0 spiro atoms. The molecular formula is C16H33N3. The maximum atomic E-state index is 3.40. The summed E-state index contributed by atoms with van der Waals surface area (Å²) in [6.07, 6.45) is 6.86. The first-order valence-electron chi connectivity index (χ1n) is 8.28. The second-order valence-electron chi connectivity index (χ2n) is 7.01. The van der Waals surface area contributed by atoms with Crippen LogP contribution in [-0.4, -0.2) is 62.2 Å². The smallest absolute Gasteiger partial charge is 0.0235 e. The monoisotopic (exact) mass is 267 g/mol. The van der Waals surface area contributed by atoms with Crippen LogP contribution in [-0.2, 0) is 0 Å². The molecule has 112 valence electrons. The maximum Gasteiger partial charge on any atom is 0.0235 e. The summed E-state index contributed by atoms with van der Waals surface area (Å²) in [5.41, 5.74) is 0.448. The van der Waals surface area contributed by atoms with Crippen LogP contribution in [0.4, 0.5) is 0 Å². The van der Waals surface area contributed by atoms with Gasteiger partial charge in [0.2, 0.25) is 0 Å². The fourth-order valence-corrected chi connectivity index (χ4v) is 4.15. The van der Waals surface area contributed by atoms with E-state index in [1.807, 2.05) is 0 Å². The number of nitrogens with zero attached hydrogens (tertiary/aromatic N) is 2. The van der Waals surface area contributed by atoms with E-state index in [9.17, 15) is 0 Å². The van der Waals surface area contributed by atoms with E-state index in [2.05, 4.69) is 36.0 Å². The lowest BCUT2D eigenvalue weighted by Crippen LogP contribution is -2.42. The molecule has 2 fully saturated rings. The molecule has 2 saturated heterocycles. The lowest BCUT2D eigenvalue weighted by atomic mass is 9.85. The van der Waals surface area contributed by atoms with Gasteiger partial charge >= 0.3 is 0 Å². The van der Waals surface area contributed by atoms with Crippen LogP contribution in [0.1, 0.15) is 46.0 Å². The Morgan fingerprint density at radius 1 is 1.21 bits per heavy atom. The van der Waals surface area contributed by atoms with Gasteiger partial charge in [0.15, 0.2) is 0 Å². The minimum Gasteiger partial charge on any atom is -0.319 e. The zero-order chi connectivity index (χ0) is 13.7. The predicted octanol–water partition coefficient (Wildman–Crippen LogP) is 2.18. The zero-order valence-corrected chi connectivity index (χ0v) is 13.2. The summed E-state index contributed by atoms with van der Waals surface area (Å²) >= 11 is 0. The Kier molecular flexibility index (Phi) is 5.67. The molecule has 3 nitrogen and oxygen atoms in total. The lowest BCUT2D eigenvalue weighted by Gasteiger charge is -2.34. The van der Waals surface area contributed by atoms with Gasteiger partial charge in [-0.2, -0.15) is 0 Å². The lowest BCUT2D eigenvalue weighted by molar-refractivity contribution is 0.161. The van der Waals surface area contributed by atoms with Gasteiger partial charge in [0.1, 0.15) is 0 Å². The summed E-state index contributed by atoms with van der Waals surface area (Å²) in [5.74, 6) is 0. The Hall–Kier alpha value is -0.120. The van der Waals surface area contributed by atoms with E-state index in [0.717, 1.165) is 12.6 Å². The van der Waals surface area contributed by atoms with E-state index < -0.39 is 0 Å². The fraction of sp³-hybridized carbons (Fsp3) is 1.00. The Balaban J connectivity index is 1.82. The third-order valence-corrected chi connectivity index (χ3v) is 4.97. The van der Waals surface area contributed by atoms with Gasteiger partial charge in [-0.25, -0.2) is 0 Å². The molecule has 0 saturated carbocycles. The number of nitrogens with one attached hydrogen (secondary N) is 1. The van der Waals surface area contributed by atoms with Crippen molar-refractivity contribution in [3.8, 4) is 0 Å². The summed E-state index contributed by atoms with van der Waals surface area (Å²) in [6, 6.07) is 0.850. The van der Waals surface area contributed by atoms with Crippen molar-refractivity contribution in [3.63, 3.8) is 0 Å². The second kappa shape index (κ2) is 7.05. The van der Waals surface area contributed by atoms with E-state index in [4.69, 9.17) is 0 Å². The molecule has 2 aliphatic rings. The Bertz CT molecular complexity index is 255. The highest BCUT2D eigenvalue weighted by atomic mass is 15.3. The molecule has 0 amide bonds. The van der Waals surface area contributed by atoms with Gasteiger partial charge in [0, 0.05) is 25.7 Å². The molecule has 0 radical (unpaired) electrons. The number of hydrogen-bond acceptors (Lipinski definition) is 3. The van der Waals surface area contributed by atoms with Crippen LogP contribution in [0.5, 0.6) is 0 Å². The van der Waals surface area contributed by atoms with Crippen LogP contribution in [0.2, 0.25) is 0 Å². The molecule has 3 heteroatoms. The van der Waals surface area contributed by atoms with Crippen LogP contribution < -0.4 is 5.32 Å². The van der Waals surface area contributed by atoms with Gasteiger partial charge < -0.3 is 10.2 Å². The van der Waals surface area contributed by atoms with Crippen LogP contribution in [0.15, 0.2) is 0 Å². The van der Waals surface area contributed by atoms with Gasteiger partial charge in [0.05, 0.1) is 0 Å². The molecule has 2 rings (SSSR count). The van der Waals surface area contributed by atoms with Crippen molar-refractivity contribution in [2.45, 2.75) is 52.0 Å². The largest absolute Gasteiger partial charge is 0.319 e. The van der Waals surface area contributed by atoms with Crippen molar-refractivity contribution >= 4 is 0 Å². The van der Waals surface area contributed by atoms with Crippen LogP contribution in [0, 0.1) is 5.41 Å². The van der Waals surface area contributed by atoms with Crippen molar-refractivity contribution in [2.75, 3.05) is 46.3 Å². The van der Waals surface area contributed by atoms with E-state index in [0.29, 0.717) is 5.41 Å². The average Bonchev–Trinajstić information content (AvgIpc) is 2.98. The molecule has 0 bridgehead atoms. The summed E-state index contributed by atoms with van der Waals surface area (Å²) in [5, 5.41) is 3.40. The molecule has 0 aromatic rings. The first-order valence-corrected chi connectivity index (χ1v) is 8.28. The first-order chi connectivity index (χ1) is 9.17. The second-order valence-corrected chi connectivity index (χ2v) is 7.01. The fourth-order valence-electron chi connectivity index (χ4n) is 4.15. The topological polar surface area (TPSA) is 18.5 Å². The predicted molar refractivity (Wildman–Crippen MR) is 82.6 cm³/mol. The van der Waals surface area contributed by atoms with Gasteiger partial charge in [0.25, 0.3) is 0 Å². The maximum absolute atomic E-state index is 3.40. The molecule has 2 aliphatic heterocycles. The number of hydrogen-bond donors (Lipinski definition) is 1. The van der Waals surface area contributed by atoms with Gasteiger partial charge in [-0.15, -0.1) is 0 Å². The van der Waals surface area contributed by atoms with Gasteiger partial charge in [-0.05, 0) is 57.8 Å². The minimum atomic E-state index is 0.448. The third kappa shape index (κ3) is 4.17. The first kappa shape index (κ1) is 15.3. The Labute approximate surface area is 119 Å². The molecule has 0 aromatic carbocycles. The van der Waals surface area contributed by atoms with Crippen molar-refractivity contribution in [1.29, 1.82) is 0 Å². The van der Waals surface area contributed by atoms with E-state index >= 15 is 0 Å². The molecule has 1 N–H and O–H groups in total. The molecule has 19 heavy (non-hydrogen) atoms. The van der Waals surface area contributed by atoms with Crippen molar-refractivity contribution in [2.24, 2.45) is 5.41 Å². The van der Waals surface area contributed by atoms with Crippen LogP contribution in [0.3, 0.4) is 0 Å². The number of likely N-dealkylation sites (tertiary alicyclic amines) is 2. The van der Waals surface area contributed by atoms with E-state index in [-0.39, 0.29) is 0 Å². The summed E-state index contributed by atoms with van der Waals surface area (Å²) in [4.78, 5) is 5.45. The number of rotatable bonds is 7. The normalized spacial score (nSPS) is 28.9. The van der Waals surface area contributed by atoms with E-state index in [1.165, 1.54) is 64.8 Å². The average molecular weight is 267 g/mol. The highest BCUT2D eigenvalue weighted by Crippen LogP contribution is 2.27. The Morgan fingerprint density at radius 2 is 1.95 bits per heavy atom. The van der Waals surface area contributed by atoms with Crippen LogP contribution >= 0.6 is 0 Å². The van der Waals surface area contributed by atoms with Crippen molar-refractivity contribution < 1.29 is 0 Å². The molecule has 2 unspecified atom stereocenters. The standard InChI is InChI=1S/C16H33N3/c1-4-8-16(2,13-17-3)14-18-11-7-15(12-18)19-9-5-6-10-19/h15,17H,4-14H2,1-3H3. The van der Waals surface area contributed by atoms with Crippen molar-refractivity contribution in [1.82, 2.24) is 15.1 Å². The van der Waals surface area contributed by atoms with Crippen LogP contribution in [0.25, 0.3) is 0 Å². The highest BCUT2D eigenvalue weighted by molar-refractivity contribution is 4.89. The molecule has 0 aliphatic carbocycles. The summed E-state index contributed by atoms with van der Waals surface area (Å²) < 4.78 is 0. The van der Waals surface area contributed by atoms with E-state index in [1.54, 1.807) is 0 Å². The Morgan fingerprint density at radius 3 is 2.58 bits per heavy atom. The van der Waals surface area contributed by atoms with Gasteiger partial charge in [-0.3, -0.25) is 4.90 Å². The third-order valence-electron chi connectivity index (χ3n) is 4.97. The van der Waals surface area contributed by atoms with Gasteiger partial charge in [-0.1, -0.05) is 20.3 Å². The molecule has 2 atom stereocenters. The zero-order valence-electron chi connectivity index (χ0n) is 13.2. The SMILES string of the molecule is CCCC(C)(CNC)CN1CCC(N2CCCC2)C1. The quantitative estimate of drug-likeness (QED) is 0.763.